The number of alkyl halides is 3. The maximum Gasteiger partial charge on any atom is 0.416 e. The Labute approximate surface area is 182 Å². The van der Waals surface area contributed by atoms with E-state index in [-0.39, 0.29) is 11.1 Å². The zero-order chi connectivity index (χ0) is 22.9. The quantitative estimate of drug-likeness (QED) is 0.588. The van der Waals surface area contributed by atoms with Gasteiger partial charge in [0.2, 0.25) is 0 Å². The first-order valence-electron chi connectivity index (χ1n) is 10.0. The summed E-state index contributed by atoms with van der Waals surface area (Å²) in [6, 6.07) is 12.9. The van der Waals surface area contributed by atoms with Crippen LogP contribution in [0.4, 0.5) is 18.9 Å². The molecule has 1 aromatic heterocycles. The molecule has 2 heterocycles. The molecule has 0 bridgehead atoms. The molecule has 2 N–H and O–H groups in total. The van der Waals surface area contributed by atoms with Gasteiger partial charge in [0.05, 0.1) is 37.3 Å². The zero-order valence-electron chi connectivity index (χ0n) is 17.2. The first-order valence-corrected chi connectivity index (χ1v) is 10.0. The first kappa shape index (κ1) is 22.0. The van der Waals surface area contributed by atoms with Crippen LogP contribution in [-0.4, -0.2) is 29.2 Å². The summed E-state index contributed by atoms with van der Waals surface area (Å²) in [5.74, 6) is -0.340. The van der Waals surface area contributed by atoms with Crippen LogP contribution in [0.3, 0.4) is 0 Å². The number of halogens is 3. The molecule has 166 valence electrons. The molecule has 1 fully saturated rings. The number of aromatic nitrogens is 1. The molecule has 0 saturated carbocycles. The van der Waals surface area contributed by atoms with Gasteiger partial charge in [0.15, 0.2) is 0 Å². The van der Waals surface area contributed by atoms with Crippen molar-refractivity contribution < 1.29 is 27.8 Å². The molecule has 0 atom stereocenters. The fourth-order valence-corrected chi connectivity index (χ4v) is 3.60. The van der Waals surface area contributed by atoms with Crippen LogP contribution in [0.2, 0.25) is 0 Å². The summed E-state index contributed by atoms with van der Waals surface area (Å²) in [6.07, 6.45) is -3.21. The van der Waals surface area contributed by atoms with Gasteiger partial charge in [-0.1, -0.05) is 30.3 Å². The molecular weight excluding hydrogens is 421 g/mol. The molecular formula is C24H21F3N2O3. The molecule has 3 aromatic rings. The summed E-state index contributed by atoms with van der Waals surface area (Å²) in [4.78, 5) is 17.0. The van der Waals surface area contributed by atoms with Crippen molar-refractivity contribution in [2.75, 3.05) is 18.5 Å². The van der Waals surface area contributed by atoms with E-state index in [9.17, 15) is 18.0 Å². The molecule has 1 aliphatic heterocycles. The van der Waals surface area contributed by atoms with Gasteiger partial charge < -0.3 is 15.2 Å². The Kier molecular flexibility index (Phi) is 5.99. The van der Waals surface area contributed by atoms with Crippen molar-refractivity contribution in [2.45, 2.75) is 25.6 Å². The number of nitrogens with zero attached hydrogens (tertiary/aromatic N) is 1. The van der Waals surface area contributed by atoms with Crippen LogP contribution in [0.5, 0.6) is 0 Å². The van der Waals surface area contributed by atoms with Crippen molar-refractivity contribution in [3.8, 4) is 11.1 Å². The van der Waals surface area contributed by atoms with Crippen molar-refractivity contribution in [1.82, 2.24) is 4.98 Å². The van der Waals surface area contributed by atoms with E-state index in [1.54, 1.807) is 6.07 Å². The molecule has 0 unspecified atom stereocenters. The normalized spacial score (nSPS) is 14.2. The van der Waals surface area contributed by atoms with Crippen molar-refractivity contribution in [1.29, 1.82) is 0 Å². The predicted octanol–water partition coefficient (Wildman–Crippen LogP) is 4.93. The molecule has 0 aliphatic carbocycles. The number of aryl methyl sites for hydroxylation is 1. The summed E-state index contributed by atoms with van der Waals surface area (Å²) < 4.78 is 45.0. The van der Waals surface area contributed by atoms with Gasteiger partial charge in [-0.25, -0.2) is 0 Å². The van der Waals surface area contributed by atoms with E-state index >= 15 is 0 Å². The number of hydrogen-bond acceptors (Lipinski definition) is 4. The van der Waals surface area contributed by atoms with E-state index in [4.69, 9.17) is 9.84 Å². The average molecular weight is 442 g/mol. The van der Waals surface area contributed by atoms with Crippen LogP contribution in [0.1, 0.15) is 38.7 Å². The third-order valence-corrected chi connectivity index (χ3v) is 5.50. The SMILES string of the molecule is Cc1ncc(NC(=O)c2ccc(CO)c(C(F)(F)F)c2)cc1-c1cccc(C2COC2)c1. The number of aliphatic hydroxyl groups excluding tert-OH is 1. The van der Waals surface area contributed by atoms with Crippen molar-refractivity contribution >= 4 is 11.6 Å². The minimum absolute atomic E-state index is 0.163. The Balaban J connectivity index is 1.60. The summed E-state index contributed by atoms with van der Waals surface area (Å²) in [6.45, 7) is 2.45. The highest BCUT2D eigenvalue weighted by Gasteiger charge is 2.34. The number of hydrogen-bond donors (Lipinski definition) is 2. The number of carbonyl (C=O) groups is 1. The Morgan fingerprint density at radius 1 is 1.19 bits per heavy atom. The minimum Gasteiger partial charge on any atom is -0.392 e. The second-order valence-corrected chi connectivity index (χ2v) is 7.70. The van der Waals surface area contributed by atoms with E-state index in [0.717, 1.165) is 34.5 Å². The van der Waals surface area contributed by atoms with E-state index < -0.39 is 24.3 Å². The second kappa shape index (κ2) is 8.72. The first-order chi connectivity index (χ1) is 15.3. The average Bonchev–Trinajstić information content (AvgIpc) is 2.73. The summed E-state index contributed by atoms with van der Waals surface area (Å²) in [5.41, 5.74) is 2.55. The predicted molar refractivity (Wildman–Crippen MR) is 113 cm³/mol. The van der Waals surface area contributed by atoms with Crippen LogP contribution >= 0.6 is 0 Å². The standard InChI is InChI=1S/C24H21F3N2O3/c1-14-21(16-4-2-3-15(7-16)19-12-32-13-19)9-20(10-28-14)29-23(31)17-5-6-18(11-30)22(8-17)24(25,26)27/h2-10,19,30H,11-13H2,1H3,(H,29,31). The van der Waals surface area contributed by atoms with Crippen molar-refractivity contribution in [3.05, 3.63) is 82.7 Å². The minimum atomic E-state index is -4.68. The van der Waals surface area contributed by atoms with Gasteiger partial charge in [-0.3, -0.25) is 9.78 Å². The van der Waals surface area contributed by atoms with Crippen LogP contribution in [0.25, 0.3) is 11.1 Å². The van der Waals surface area contributed by atoms with Gasteiger partial charge in [0.25, 0.3) is 5.91 Å². The molecule has 1 amide bonds. The van der Waals surface area contributed by atoms with Gasteiger partial charge in [0.1, 0.15) is 0 Å². The molecule has 8 heteroatoms. The lowest BCUT2D eigenvalue weighted by Gasteiger charge is -2.26. The smallest absolute Gasteiger partial charge is 0.392 e. The monoisotopic (exact) mass is 442 g/mol. The Hall–Kier alpha value is -3.23. The fraction of sp³-hybridized carbons (Fsp3) is 0.250. The highest BCUT2D eigenvalue weighted by atomic mass is 19.4. The van der Waals surface area contributed by atoms with E-state index in [1.165, 1.54) is 12.3 Å². The largest absolute Gasteiger partial charge is 0.416 e. The lowest BCUT2D eigenvalue weighted by Crippen LogP contribution is -2.24. The Morgan fingerprint density at radius 2 is 1.97 bits per heavy atom. The van der Waals surface area contributed by atoms with Gasteiger partial charge in [-0.2, -0.15) is 13.2 Å². The number of aliphatic hydroxyl groups is 1. The van der Waals surface area contributed by atoms with Gasteiger partial charge in [0, 0.05) is 22.7 Å². The molecule has 0 spiro atoms. The molecule has 32 heavy (non-hydrogen) atoms. The highest BCUT2D eigenvalue weighted by molar-refractivity contribution is 6.04. The van der Waals surface area contributed by atoms with Crippen LogP contribution in [0, 0.1) is 6.92 Å². The number of carbonyl (C=O) groups excluding carboxylic acids is 1. The van der Waals surface area contributed by atoms with E-state index in [1.807, 2.05) is 25.1 Å². The summed E-state index contributed by atoms with van der Waals surface area (Å²) in [5, 5.41) is 11.8. The summed E-state index contributed by atoms with van der Waals surface area (Å²) in [7, 11) is 0. The Morgan fingerprint density at radius 3 is 2.62 bits per heavy atom. The fourth-order valence-electron chi connectivity index (χ4n) is 3.60. The van der Waals surface area contributed by atoms with Crippen molar-refractivity contribution in [3.63, 3.8) is 0 Å². The van der Waals surface area contributed by atoms with Gasteiger partial charge in [-0.05, 0) is 41.8 Å². The number of benzene rings is 2. The molecule has 4 rings (SSSR count). The van der Waals surface area contributed by atoms with Crippen LogP contribution in [-0.2, 0) is 17.5 Å². The number of anilines is 1. The lowest BCUT2D eigenvalue weighted by atomic mass is 9.93. The van der Waals surface area contributed by atoms with Gasteiger partial charge in [-0.15, -0.1) is 0 Å². The molecule has 1 saturated heterocycles. The van der Waals surface area contributed by atoms with Crippen LogP contribution in [0.15, 0.2) is 54.7 Å². The second-order valence-electron chi connectivity index (χ2n) is 7.70. The maximum absolute atomic E-state index is 13.2. The third kappa shape index (κ3) is 4.51. The zero-order valence-corrected chi connectivity index (χ0v) is 17.2. The van der Waals surface area contributed by atoms with E-state index in [2.05, 4.69) is 16.4 Å². The topological polar surface area (TPSA) is 71.5 Å². The summed E-state index contributed by atoms with van der Waals surface area (Å²) >= 11 is 0. The number of pyridine rings is 1. The number of rotatable bonds is 5. The molecule has 2 aromatic carbocycles. The molecule has 5 nitrogen and oxygen atoms in total. The highest BCUT2D eigenvalue weighted by Crippen LogP contribution is 2.33. The van der Waals surface area contributed by atoms with Crippen LogP contribution < -0.4 is 5.32 Å². The number of nitrogens with one attached hydrogen (secondary N) is 1. The van der Waals surface area contributed by atoms with E-state index in [0.29, 0.717) is 24.8 Å². The van der Waals surface area contributed by atoms with Gasteiger partial charge >= 0.3 is 6.18 Å². The molecule has 1 aliphatic rings. The van der Waals surface area contributed by atoms with Crippen molar-refractivity contribution in [2.24, 2.45) is 0 Å². The third-order valence-electron chi connectivity index (χ3n) is 5.50. The lowest BCUT2D eigenvalue weighted by molar-refractivity contribution is -0.138. The number of ether oxygens (including phenoxy) is 1. The maximum atomic E-state index is 13.2. The number of amides is 1. The molecule has 0 radical (unpaired) electrons. The Bertz CT molecular complexity index is 1160.